The van der Waals surface area contributed by atoms with Crippen LogP contribution in [0.25, 0.3) is 10.6 Å². The SMILES string of the molecule is COc1cc(CNCc2cn[nH]c2-c2cccs2)cc(OC)c1OC. The van der Waals surface area contributed by atoms with Gasteiger partial charge in [-0.15, -0.1) is 11.3 Å². The zero-order valence-corrected chi connectivity index (χ0v) is 15.3. The summed E-state index contributed by atoms with van der Waals surface area (Å²) < 4.78 is 16.1. The van der Waals surface area contributed by atoms with Crippen molar-refractivity contribution in [3.63, 3.8) is 0 Å². The van der Waals surface area contributed by atoms with E-state index in [1.54, 1.807) is 32.7 Å². The van der Waals surface area contributed by atoms with Crippen molar-refractivity contribution < 1.29 is 14.2 Å². The number of benzene rings is 1. The van der Waals surface area contributed by atoms with Gasteiger partial charge in [0.15, 0.2) is 11.5 Å². The van der Waals surface area contributed by atoms with Crippen LogP contribution in [0.3, 0.4) is 0 Å². The van der Waals surface area contributed by atoms with Gasteiger partial charge in [0, 0.05) is 18.7 Å². The fourth-order valence-corrected chi connectivity index (χ4v) is 3.41. The second kappa shape index (κ2) is 8.04. The second-order valence-electron chi connectivity index (χ2n) is 5.38. The maximum Gasteiger partial charge on any atom is 0.203 e. The highest BCUT2D eigenvalue weighted by atomic mass is 32.1. The first-order valence-corrected chi connectivity index (χ1v) is 8.70. The summed E-state index contributed by atoms with van der Waals surface area (Å²) in [7, 11) is 4.84. The molecule has 0 bridgehead atoms. The molecular weight excluding hydrogens is 338 g/mol. The van der Waals surface area contributed by atoms with Crippen LogP contribution in [0.4, 0.5) is 0 Å². The largest absolute Gasteiger partial charge is 0.493 e. The van der Waals surface area contributed by atoms with Gasteiger partial charge < -0.3 is 19.5 Å². The van der Waals surface area contributed by atoms with Crippen LogP contribution in [0.5, 0.6) is 17.2 Å². The van der Waals surface area contributed by atoms with E-state index in [4.69, 9.17) is 14.2 Å². The molecule has 2 aromatic heterocycles. The molecule has 0 aliphatic rings. The van der Waals surface area contributed by atoms with Crippen LogP contribution in [0.15, 0.2) is 35.8 Å². The molecule has 3 rings (SSSR count). The molecule has 0 saturated carbocycles. The number of methoxy groups -OCH3 is 3. The number of hydrogen-bond donors (Lipinski definition) is 2. The van der Waals surface area contributed by atoms with Crippen molar-refractivity contribution in [1.29, 1.82) is 0 Å². The standard InChI is InChI=1S/C18H21N3O3S/c1-22-14-7-12(8-15(23-2)18(14)24-3)9-19-10-13-11-20-21-17(13)16-5-4-6-25-16/h4-8,11,19H,9-10H2,1-3H3,(H,20,21). The minimum absolute atomic E-state index is 0.601. The van der Waals surface area contributed by atoms with E-state index < -0.39 is 0 Å². The van der Waals surface area contributed by atoms with Crippen LogP contribution in [0.1, 0.15) is 11.1 Å². The minimum Gasteiger partial charge on any atom is -0.493 e. The third kappa shape index (κ3) is 3.78. The zero-order valence-electron chi connectivity index (χ0n) is 14.5. The molecule has 0 unspecified atom stereocenters. The molecule has 132 valence electrons. The van der Waals surface area contributed by atoms with Gasteiger partial charge in [-0.05, 0) is 29.1 Å². The van der Waals surface area contributed by atoms with Crippen LogP contribution in [-0.2, 0) is 13.1 Å². The van der Waals surface area contributed by atoms with Crippen LogP contribution in [0, 0.1) is 0 Å². The van der Waals surface area contributed by atoms with Crippen LogP contribution in [-0.4, -0.2) is 31.5 Å². The van der Waals surface area contributed by atoms with E-state index in [-0.39, 0.29) is 0 Å². The number of ether oxygens (including phenoxy) is 3. The Balaban J connectivity index is 1.70. The number of rotatable bonds is 8. The number of aromatic amines is 1. The first kappa shape index (κ1) is 17.3. The molecule has 0 atom stereocenters. The number of nitrogens with zero attached hydrogens (tertiary/aromatic N) is 1. The Labute approximate surface area is 150 Å². The van der Waals surface area contributed by atoms with E-state index in [2.05, 4.69) is 27.0 Å². The smallest absolute Gasteiger partial charge is 0.203 e. The van der Waals surface area contributed by atoms with Crippen LogP contribution in [0.2, 0.25) is 0 Å². The fourth-order valence-electron chi connectivity index (χ4n) is 2.66. The highest BCUT2D eigenvalue weighted by Gasteiger charge is 2.13. The Morgan fingerprint density at radius 3 is 2.44 bits per heavy atom. The van der Waals surface area contributed by atoms with E-state index in [0.717, 1.165) is 16.8 Å². The van der Waals surface area contributed by atoms with E-state index in [0.29, 0.717) is 30.3 Å². The van der Waals surface area contributed by atoms with Gasteiger partial charge in [0.2, 0.25) is 5.75 Å². The molecule has 2 heterocycles. The number of aromatic nitrogens is 2. The summed E-state index contributed by atoms with van der Waals surface area (Å²) >= 11 is 1.69. The first-order valence-electron chi connectivity index (χ1n) is 7.82. The Morgan fingerprint density at radius 2 is 1.84 bits per heavy atom. The molecule has 6 nitrogen and oxygen atoms in total. The molecule has 1 aromatic carbocycles. The summed E-state index contributed by atoms with van der Waals surface area (Å²) in [5.41, 5.74) is 3.25. The van der Waals surface area contributed by atoms with Gasteiger partial charge in [0.25, 0.3) is 0 Å². The second-order valence-corrected chi connectivity index (χ2v) is 6.33. The highest BCUT2D eigenvalue weighted by Crippen LogP contribution is 2.38. The lowest BCUT2D eigenvalue weighted by Crippen LogP contribution is -2.13. The molecule has 25 heavy (non-hydrogen) atoms. The molecule has 2 N–H and O–H groups in total. The summed E-state index contributed by atoms with van der Waals surface area (Å²) in [6, 6.07) is 8.02. The molecule has 0 spiro atoms. The Bertz CT molecular complexity index is 790. The summed E-state index contributed by atoms with van der Waals surface area (Å²) in [6.45, 7) is 1.38. The van der Waals surface area contributed by atoms with Gasteiger partial charge >= 0.3 is 0 Å². The van der Waals surface area contributed by atoms with Gasteiger partial charge in [-0.1, -0.05) is 6.07 Å². The lowest BCUT2D eigenvalue weighted by atomic mass is 10.1. The topological polar surface area (TPSA) is 68.4 Å². The molecule has 0 aliphatic carbocycles. The van der Waals surface area contributed by atoms with Crippen LogP contribution >= 0.6 is 11.3 Å². The van der Waals surface area contributed by atoms with Crippen molar-refractivity contribution in [1.82, 2.24) is 15.5 Å². The Hall–Kier alpha value is -2.51. The van der Waals surface area contributed by atoms with E-state index in [1.165, 1.54) is 4.88 Å². The summed E-state index contributed by atoms with van der Waals surface area (Å²) in [5.74, 6) is 1.91. The van der Waals surface area contributed by atoms with E-state index in [9.17, 15) is 0 Å². The number of H-pyrrole nitrogens is 1. The molecule has 0 fully saturated rings. The monoisotopic (exact) mass is 359 g/mol. The first-order chi connectivity index (χ1) is 12.3. The van der Waals surface area contributed by atoms with Gasteiger partial charge in [-0.25, -0.2) is 0 Å². The van der Waals surface area contributed by atoms with Crippen molar-refractivity contribution in [3.8, 4) is 27.8 Å². The molecule has 0 amide bonds. The zero-order chi connectivity index (χ0) is 17.6. The lowest BCUT2D eigenvalue weighted by molar-refractivity contribution is 0.323. The van der Waals surface area contributed by atoms with E-state index >= 15 is 0 Å². The van der Waals surface area contributed by atoms with Gasteiger partial charge in [0.05, 0.1) is 38.1 Å². The normalized spacial score (nSPS) is 10.7. The lowest BCUT2D eigenvalue weighted by Gasteiger charge is -2.14. The summed E-state index contributed by atoms with van der Waals surface area (Å²) in [4.78, 5) is 1.18. The predicted molar refractivity (Wildman–Crippen MR) is 98.5 cm³/mol. The van der Waals surface area contributed by atoms with Gasteiger partial charge in [-0.3, -0.25) is 5.10 Å². The predicted octanol–water partition coefficient (Wildman–Crippen LogP) is 3.45. The Morgan fingerprint density at radius 1 is 1.08 bits per heavy atom. The number of thiophene rings is 1. The molecule has 7 heteroatoms. The summed E-state index contributed by atoms with van der Waals surface area (Å²) in [6.07, 6.45) is 1.86. The summed E-state index contributed by atoms with van der Waals surface area (Å²) in [5, 5.41) is 12.7. The highest BCUT2D eigenvalue weighted by molar-refractivity contribution is 7.13. The minimum atomic E-state index is 0.601. The number of hydrogen-bond acceptors (Lipinski definition) is 6. The van der Waals surface area contributed by atoms with Crippen LogP contribution < -0.4 is 19.5 Å². The number of nitrogens with one attached hydrogen (secondary N) is 2. The van der Waals surface area contributed by atoms with Gasteiger partial charge in [-0.2, -0.15) is 5.10 Å². The molecule has 0 aliphatic heterocycles. The van der Waals surface area contributed by atoms with Crippen molar-refractivity contribution >= 4 is 11.3 Å². The Kier molecular flexibility index (Phi) is 5.57. The molecule has 0 saturated heterocycles. The maximum absolute atomic E-state index is 5.39. The molecular formula is C18H21N3O3S. The van der Waals surface area contributed by atoms with Crippen molar-refractivity contribution in [2.24, 2.45) is 0 Å². The maximum atomic E-state index is 5.39. The van der Waals surface area contributed by atoms with Crippen molar-refractivity contribution in [2.75, 3.05) is 21.3 Å². The fraction of sp³-hybridized carbons (Fsp3) is 0.278. The van der Waals surface area contributed by atoms with Crippen molar-refractivity contribution in [3.05, 3.63) is 47.0 Å². The third-order valence-corrected chi connectivity index (χ3v) is 4.74. The average Bonchev–Trinajstić information content (AvgIpc) is 3.32. The van der Waals surface area contributed by atoms with E-state index in [1.807, 2.05) is 24.4 Å². The third-order valence-electron chi connectivity index (χ3n) is 3.85. The van der Waals surface area contributed by atoms with Crippen molar-refractivity contribution in [2.45, 2.75) is 13.1 Å². The average molecular weight is 359 g/mol. The van der Waals surface area contributed by atoms with Gasteiger partial charge in [0.1, 0.15) is 0 Å². The quantitative estimate of drug-likeness (QED) is 0.645. The molecule has 0 radical (unpaired) electrons. The molecule has 3 aromatic rings.